The lowest BCUT2D eigenvalue weighted by Gasteiger charge is -2.24. The normalized spacial score (nSPS) is 19.6. The Bertz CT molecular complexity index is 649. The highest BCUT2D eigenvalue weighted by Crippen LogP contribution is 2.21. The first kappa shape index (κ1) is 14.3. The molecule has 2 aromatic rings. The number of rotatable bonds is 6. The third-order valence-corrected chi connectivity index (χ3v) is 4.23. The molecule has 1 saturated heterocycles. The molecule has 2 aromatic heterocycles. The van der Waals surface area contributed by atoms with Crippen molar-refractivity contribution in [3.05, 3.63) is 28.9 Å². The summed E-state index contributed by atoms with van der Waals surface area (Å²) in [6.07, 6.45) is 5.91. The van der Waals surface area contributed by atoms with Gasteiger partial charge < -0.3 is 9.52 Å². The van der Waals surface area contributed by atoms with E-state index in [0.717, 1.165) is 25.9 Å². The number of aliphatic hydroxyl groups excluding tert-OH is 1. The minimum Gasteiger partial charge on any atom is -0.406 e. The van der Waals surface area contributed by atoms with E-state index in [1.807, 2.05) is 0 Å². The van der Waals surface area contributed by atoms with Gasteiger partial charge in [0.15, 0.2) is 11.2 Å². The molecule has 3 heterocycles. The molecule has 1 aliphatic rings. The average Bonchev–Trinajstić information content (AvgIpc) is 3.06. The van der Waals surface area contributed by atoms with Crippen LogP contribution in [0.4, 0.5) is 0 Å². The third kappa shape index (κ3) is 3.01. The SMILES string of the molecule is O=c1oc2cccnc2n1CCN1CCCC1CCCO. The first-order chi connectivity index (χ1) is 10.3. The molecule has 0 aliphatic carbocycles. The van der Waals surface area contributed by atoms with Gasteiger partial charge >= 0.3 is 5.76 Å². The van der Waals surface area contributed by atoms with Crippen molar-refractivity contribution in [3.63, 3.8) is 0 Å². The quantitative estimate of drug-likeness (QED) is 0.866. The highest BCUT2D eigenvalue weighted by molar-refractivity contribution is 5.67. The van der Waals surface area contributed by atoms with Crippen LogP contribution >= 0.6 is 0 Å². The van der Waals surface area contributed by atoms with Gasteiger partial charge in [0.1, 0.15) is 0 Å². The van der Waals surface area contributed by atoms with E-state index in [4.69, 9.17) is 9.52 Å². The molecule has 6 heteroatoms. The number of aliphatic hydroxyl groups is 1. The van der Waals surface area contributed by atoms with Crippen molar-refractivity contribution >= 4 is 11.2 Å². The van der Waals surface area contributed by atoms with Gasteiger partial charge in [0.25, 0.3) is 0 Å². The van der Waals surface area contributed by atoms with Gasteiger partial charge in [0, 0.05) is 31.9 Å². The van der Waals surface area contributed by atoms with Gasteiger partial charge in [0.2, 0.25) is 0 Å². The summed E-state index contributed by atoms with van der Waals surface area (Å²) < 4.78 is 6.81. The molecule has 0 amide bonds. The van der Waals surface area contributed by atoms with Gasteiger partial charge in [-0.25, -0.2) is 9.78 Å². The summed E-state index contributed by atoms with van der Waals surface area (Å²) in [6, 6.07) is 4.06. The van der Waals surface area contributed by atoms with Gasteiger partial charge in [-0.3, -0.25) is 9.47 Å². The molecule has 1 aliphatic heterocycles. The highest BCUT2D eigenvalue weighted by atomic mass is 16.4. The Kier molecular flexibility index (Phi) is 4.36. The summed E-state index contributed by atoms with van der Waals surface area (Å²) in [5.41, 5.74) is 1.16. The number of hydrogen-bond donors (Lipinski definition) is 1. The van der Waals surface area contributed by atoms with Crippen LogP contribution in [0, 0.1) is 0 Å². The van der Waals surface area contributed by atoms with Crippen molar-refractivity contribution in [3.8, 4) is 0 Å². The number of likely N-dealkylation sites (tertiary alicyclic amines) is 1. The fourth-order valence-corrected chi connectivity index (χ4v) is 3.17. The summed E-state index contributed by atoms with van der Waals surface area (Å²) >= 11 is 0. The number of oxazole rings is 1. The topological polar surface area (TPSA) is 71.5 Å². The van der Waals surface area contributed by atoms with Crippen molar-refractivity contribution in [1.29, 1.82) is 0 Å². The van der Waals surface area contributed by atoms with E-state index >= 15 is 0 Å². The Morgan fingerprint density at radius 3 is 3.19 bits per heavy atom. The Hall–Kier alpha value is -1.66. The van der Waals surface area contributed by atoms with Crippen LogP contribution in [-0.4, -0.2) is 45.3 Å². The van der Waals surface area contributed by atoms with Crippen LogP contribution in [0.2, 0.25) is 0 Å². The number of pyridine rings is 1. The van der Waals surface area contributed by atoms with Crippen LogP contribution in [0.5, 0.6) is 0 Å². The van der Waals surface area contributed by atoms with Crippen molar-refractivity contribution < 1.29 is 9.52 Å². The van der Waals surface area contributed by atoms with Crippen molar-refractivity contribution in [2.24, 2.45) is 0 Å². The summed E-state index contributed by atoms with van der Waals surface area (Å²) in [6.45, 7) is 2.73. The lowest BCUT2D eigenvalue weighted by Crippen LogP contribution is -2.34. The van der Waals surface area contributed by atoms with Gasteiger partial charge in [0.05, 0.1) is 0 Å². The van der Waals surface area contributed by atoms with Crippen molar-refractivity contribution in [2.45, 2.75) is 38.3 Å². The number of nitrogens with zero attached hydrogens (tertiary/aromatic N) is 3. The second-order valence-corrected chi connectivity index (χ2v) is 5.54. The molecule has 0 spiro atoms. The summed E-state index contributed by atoms with van der Waals surface area (Å²) in [5, 5.41) is 8.96. The lowest BCUT2D eigenvalue weighted by molar-refractivity contribution is 0.209. The first-order valence-corrected chi connectivity index (χ1v) is 7.59. The van der Waals surface area contributed by atoms with Crippen LogP contribution in [0.3, 0.4) is 0 Å². The molecule has 6 nitrogen and oxygen atoms in total. The maximum Gasteiger partial charge on any atom is 0.421 e. The maximum absolute atomic E-state index is 11.9. The van der Waals surface area contributed by atoms with Crippen molar-refractivity contribution in [1.82, 2.24) is 14.5 Å². The maximum atomic E-state index is 11.9. The smallest absolute Gasteiger partial charge is 0.406 e. The van der Waals surface area contributed by atoms with Crippen LogP contribution in [-0.2, 0) is 6.54 Å². The molecule has 1 fully saturated rings. The van der Waals surface area contributed by atoms with Crippen LogP contribution in [0.25, 0.3) is 11.2 Å². The Balaban J connectivity index is 1.69. The monoisotopic (exact) mass is 291 g/mol. The fourth-order valence-electron chi connectivity index (χ4n) is 3.17. The zero-order valence-corrected chi connectivity index (χ0v) is 12.1. The Labute approximate surface area is 123 Å². The van der Waals surface area contributed by atoms with Crippen molar-refractivity contribution in [2.75, 3.05) is 19.7 Å². The third-order valence-electron chi connectivity index (χ3n) is 4.23. The highest BCUT2D eigenvalue weighted by Gasteiger charge is 2.24. The Morgan fingerprint density at radius 2 is 2.33 bits per heavy atom. The zero-order valence-electron chi connectivity index (χ0n) is 12.1. The molecule has 0 aromatic carbocycles. The van der Waals surface area contributed by atoms with E-state index in [2.05, 4.69) is 9.88 Å². The summed E-state index contributed by atoms with van der Waals surface area (Å²) in [7, 11) is 0. The van der Waals surface area contributed by atoms with Gasteiger partial charge in [-0.05, 0) is 44.4 Å². The molecule has 114 valence electrons. The van der Waals surface area contributed by atoms with E-state index in [9.17, 15) is 4.79 Å². The zero-order chi connectivity index (χ0) is 14.7. The van der Waals surface area contributed by atoms with E-state index in [-0.39, 0.29) is 12.4 Å². The van der Waals surface area contributed by atoms with Crippen LogP contribution in [0.15, 0.2) is 27.5 Å². The molecule has 1 unspecified atom stereocenters. The lowest BCUT2D eigenvalue weighted by atomic mass is 10.1. The van der Waals surface area contributed by atoms with E-state index in [1.165, 1.54) is 12.8 Å². The van der Waals surface area contributed by atoms with E-state index in [0.29, 0.717) is 23.8 Å². The van der Waals surface area contributed by atoms with Gasteiger partial charge in [-0.1, -0.05) is 0 Å². The predicted octanol–water partition coefficient (Wildman–Crippen LogP) is 1.23. The minimum absolute atomic E-state index is 0.250. The molecule has 0 radical (unpaired) electrons. The number of aromatic nitrogens is 2. The van der Waals surface area contributed by atoms with Crippen LogP contribution in [0.1, 0.15) is 25.7 Å². The molecular formula is C15H21N3O3. The molecular weight excluding hydrogens is 270 g/mol. The number of hydrogen-bond acceptors (Lipinski definition) is 5. The molecule has 3 rings (SSSR count). The first-order valence-electron chi connectivity index (χ1n) is 7.59. The second kappa shape index (κ2) is 6.41. The van der Waals surface area contributed by atoms with E-state index in [1.54, 1.807) is 22.9 Å². The van der Waals surface area contributed by atoms with Gasteiger partial charge in [-0.2, -0.15) is 0 Å². The summed E-state index contributed by atoms with van der Waals surface area (Å²) in [4.78, 5) is 18.5. The molecule has 1 atom stereocenters. The molecule has 21 heavy (non-hydrogen) atoms. The average molecular weight is 291 g/mol. The molecule has 0 saturated carbocycles. The fraction of sp³-hybridized carbons (Fsp3) is 0.600. The Morgan fingerprint density at radius 1 is 1.43 bits per heavy atom. The second-order valence-electron chi connectivity index (χ2n) is 5.54. The number of fused-ring (bicyclic) bond motifs is 1. The largest absolute Gasteiger partial charge is 0.421 e. The van der Waals surface area contributed by atoms with E-state index < -0.39 is 0 Å². The molecule has 0 bridgehead atoms. The summed E-state index contributed by atoms with van der Waals surface area (Å²) in [5.74, 6) is -0.338. The molecule has 1 N–H and O–H groups in total. The predicted molar refractivity (Wildman–Crippen MR) is 79.2 cm³/mol. The van der Waals surface area contributed by atoms with Crippen LogP contribution < -0.4 is 5.76 Å². The minimum atomic E-state index is -0.338. The standard InChI is InChI=1S/C15H21N3O3/c19-11-3-5-12-4-2-8-17(12)9-10-18-14-13(21-15(18)20)6-1-7-16-14/h1,6-7,12,19H,2-5,8-11H2. The van der Waals surface area contributed by atoms with Gasteiger partial charge in [-0.15, -0.1) is 0 Å².